The van der Waals surface area contributed by atoms with Gasteiger partial charge in [0.05, 0.1) is 13.2 Å². The molecule has 1 aromatic rings. The molecule has 6 nitrogen and oxygen atoms in total. The van der Waals surface area contributed by atoms with Gasteiger partial charge in [-0.1, -0.05) is 25.3 Å². The molecule has 1 saturated carbocycles. The lowest BCUT2D eigenvalue weighted by Crippen LogP contribution is -2.49. The summed E-state index contributed by atoms with van der Waals surface area (Å²) in [6.45, 7) is -0.469. The molecule has 0 radical (unpaired) electrons. The first-order chi connectivity index (χ1) is 12.5. The first kappa shape index (κ1) is 19.4. The third-order valence-corrected chi connectivity index (χ3v) is 4.23. The molecule has 1 N–H and O–H groups in total. The quantitative estimate of drug-likeness (QED) is 0.622. The number of methoxy groups -OCH3 is 1. The second-order valence-corrected chi connectivity index (χ2v) is 6.14. The van der Waals surface area contributed by atoms with E-state index in [1.54, 1.807) is 6.07 Å². The molecule has 0 aliphatic heterocycles. The number of hydrogen-bond acceptors (Lipinski definition) is 5. The van der Waals surface area contributed by atoms with Gasteiger partial charge in [0.25, 0.3) is 5.91 Å². The van der Waals surface area contributed by atoms with Crippen molar-refractivity contribution in [3.63, 3.8) is 0 Å². The van der Waals surface area contributed by atoms with Crippen LogP contribution >= 0.6 is 0 Å². The van der Waals surface area contributed by atoms with Crippen molar-refractivity contribution in [3.05, 3.63) is 35.7 Å². The summed E-state index contributed by atoms with van der Waals surface area (Å²) >= 11 is 0. The molecule has 0 bridgehead atoms. The third kappa shape index (κ3) is 5.31. The van der Waals surface area contributed by atoms with E-state index in [4.69, 9.17) is 9.47 Å². The summed E-state index contributed by atoms with van der Waals surface area (Å²) in [6.07, 6.45) is 6.50. The van der Waals surface area contributed by atoms with Crippen molar-refractivity contribution in [2.75, 3.05) is 13.7 Å². The first-order valence-corrected chi connectivity index (χ1v) is 8.39. The zero-order valence-electron chi connectivity index (χ0n) is 14.6. The van der Waals surface area contributed by atoms with Gasteiger partial charge in [0.2, 0.25) is 0 Å². The molecular weight excluding hydrogens is 339 g/mol. The van der Waals surface area contributed by atoms with Gasteiger partial charge in [-0.15, -0.1) is 0 Å². The molecule has 0 heterocycles. The van der Waals surface area contributed by atoms with Crippen LogP contribution in [-0.2, 0) is 14.3 Å². The average molecular weight is 360 g/mol. The number of benzene rings is 1. The van der Waals surface area contributed by atoms with Crippen molar-refractivity contribution in [2.24, 2.45) is 0 Å². The van der Waals surface area contributed by atoms with Crippen LogP contribution in [0, 0.1) is 17.1 Å². The van der Waals surface area contributed by atoms with Crippen LogP contribution in [0.1, 0.15) is 37.7 Å². The van der Waals surface area contributed by atoms with Gasteiger partial charge in [0.15, 0.2) is 18.2 Å². The summed E-state index contributed by atoms with van der Waals surface area (Å²) in [5, 5.41) is 12.0. The van der Waals surface area contributed by atoms with Crippen LogP contribution in [-0.4, -0.2) is 31.1 Å². The van der Waals surface area contributed by atoms with Crippen LogP contribution < -0.4 is 10.1 Å². The Balaban J connectivity index is 1.83. The predicted molar refractivity (Wildman–Crippen MR) is 92.5 cm³/mol. The van der Waals surface area contributed by atoms with Crippen LogP contribution in [0.25, 0.3) is 6.08 Å². The molecule has 1 aliphatic rings. The number of hydrogen-bond donors (Lipinski definition) is 1. The van der Waals surface area contributed by atoms with Crippen molar-refractivity contribution in [1.82, 2.24) is 5.32 Å². The molecule has 0 atom stereocenters. The van der Waals surface area contributed by atoms with Gasteiger partial charge in [0.1, 0.15) is 5.54 Å². The maximum atomic E-state index is 13.6. The molecule has 0 unspecified atom stereocenters. The van der Waals surface area contributed by atoms with E-state index >= 15 is 0 Å². The first-order valence-electron chi connectivity index (χ1n) is 8.39. The molecular formula is C19H21FN2O4. The third-order valence-electron chi connectivity index (χ3n) is 4.23. The smallest absolute Gasteiger partial charge is 0.331 e. The maximum Gasteiger partial charge on any atom is 0.331 e. The number of esters is 1. The minimum atomic E-state index is -0.863. The number of rotatable bonds is 6. The van der Waals surface area contributed by atoms with Gasteiger partial charge in [-0.25, -0.2) is 9.18 Å². The number of ether oxygens (including phenoxy) is 2. The summed E-state index contributed by atoms with van der Waals surface area (Å²) in [5.74, 6) is -1.68. The van der Waals surface area contributed by atoms with E-state index in [0.29, 0.717) is 18.4 Å². The average Bonchev–Trinajstić information content (AvgIpc) is 2.65. The number of carbonyl (C=O) groups is 2. The highest BCUT2D eigenvalue weighted by molar-refractivity contribution is 5.89. The molecule has 2 rings (SSSR count). The van der Waals surface area contributed by atoms with E-state index < -0.39 is 29.8 Å². The lowest BCUT2D eigenvalue weighted by molar-refractivity contribution is -0.144. The summed E-state index contributed by atoms with van der Waals surface area (Å²) in [4.78, 5) is 23.6. The number of nitrogens with one attached hydrogen (secondary N) is 1. The molecule has 1 aliphatic carbocycles. The highest BCUT2D eigenvalue weighted by Gasteiger charge is 2.33. The fourth-order valence-corrected chi connectivity index (χ4v) is 2.86. The highest BCUT2D eigenvalue weighted by Crippen LogP contribution is 2.27. The van der Waals surface area contributed by atoms with E-state index in [1.165, 1.54) is 25.3 Å². The summed E-state index contributed by atoms with van der Waals surface area (Å²) in [7, 11) is 1.36. The Hall–Kier alpha value is -2.88. The summed E-state index contributed by atoms with van der Waals surface area (Å²) < 4.78 is 23.2. The zero-order chi connectivity index (χ0) is 19.0. The van der Waals surface area contributed by atoms with Crippen molar-refractivity contribution < 1.29 is 23.5 Å². The minimum absolute atomic E-state index is 0.107. The molecule has 26 heavy (non-hydrogen) atoms. The highest BCUT2D eigenvalue weighted by atomic mass is 19.1. The number of carbonyl (C=O) groups excluding carboxylic acids is 2. The monoisotopic (exact) mass is 360 g/mol. The fraction of sp³-hybridized carbons (Fsp3) is 0.421. The van der Waals surface area contributed by atoms with Crippen molar-refractivity contribution in [2.45, 2.75) is 37.6 Å². The van der Waals surface area contributed by atoms with E-state index in [2.05, 4.69) is 11.4 Å². The predicted octanol–water partition coefficient (Wildman–Crippen LogP) is 2.73. The Morgan fingerprint density at radius 2 is 2.08 bits per heavy atom. The number of amides is 1. The van der Waals surface area contributed by atoms with Gasteiger partial charge in [-0.3, -0.25) is 4.79 Å². The van der Waals surface area contributed by atoms with Gasteiger partial charge >= 0.3 is 5.97 Å². The molecule has 7 heteroatoms. The van der Waals surface area contributed by atoms with Gasteiger partial charge in [0, 0.05) is 6.08 Å². The van der Waals surface area contributed by atoms with Crippen molar-refractivity contribution in [3.8, 4) is 11.8 Å². The van der Waals surface area contributed by atoms with Gasteiger partial charge < -0.3 is 14.8 Å². The van der Waals surface area contributed by atoms with Crippen LogP contribution in [0.15, 0.2) is 24.3 Å². The SMILES string of the molecule is COc1ccc(/C=C/C(=O)OCC(=O)NC2(C#N)CCCCC2)cc1F. The molecule has 0 aromatic heterocycles. The molecule has 1 fully saturated rings. The lowest BCUT2D eigenvalue weighted by atomic mass is 9.83. The van der Waals surface area contributed by atoms with Crippen molar-refractivity contribution in [1.29, 1.82) is 5.26 Å². The number of nitriles is 1. The Morgan fingerprint density at radius 1 is 1.35 bits per heavy atom. The second-order valence-electron chi connectivity index (χ2n) is 6.14. The molecule has 138 valence electrons. The van der Waals surface area contributed by atoms with Gasteiger partial charge in [-0.05, 0) is 36.6 Å². The molecule has 1 aromatic carbocycles. The Labute approximate surface area is 151 Å². The largest absolute Gasteiger partial charge is 0.494 e. The Bertz CT molecular complexity index is 734. The topological polar surface area (TPSA) is 88.4 Å². The Morgan fingerprint density at radius 3 is 2.69 bits per heavy atom. The molecule has 0 saturated heterocycles. The van der Waals surface area contributed by atoms with Crippen LogP contribution in [0.3, 0.4) is 0 Å². The molecule has 1 amide bonds. The van der Waals surface area contributed by atoms with Crippen LogP contribution in [0.4, 0.5) is 4.39 Å². The van der Waals surface area contributed by atoms with Crippen molar-refractivity contribution >= 4 is 18.0 Å². The Kier molecular flexibility index (Phi) is 6.73. The second kappa shape index (κ2) is 8.99. The van der Waals surface area contributed by atoms with E-state index in [1.807, 2.05) is 0 Å². The number of halogens is 1. The maximum absolute atomic E-state index is 13.6. The van der Waals surface area contributed by atoms with Crippen LogP contribution in [0.5, 0.6) is 5.75 Å². The minimum Gasteiger partial charge on any atom is -0.494 e. The standard InChI is InChI=1S/C19H21FN2O4/c1-25-16-7-5-14(11-15(16)20)6-8-18(24)26-12-17(23)22-19(13-21)9-3-2-4-10-19/h5-8,11H,2-4,9-10,12H2,1H3,(H,22,23)/b8-6+. The van der Waals surface area contributed by atoms with E-state index in [0.717, 1.165) is 25.3 Å². The summed E-state index contributed by atoms with van der Waals surface area (Å²) in [6, 6.07) is 6.41. The van der Waals surface area contributed by atoms with E-state index in [-0.39, 0.29) is 5.75 Å². The zero-order valence-corrected chi connectivity index (χ0v) is 14.6. The normalized spacial score (nSPS) is 15.9. The van der Waals surface area contributed by atoms with Gasteiger partial charge in [-0.2, -0.15) is 5.26 Å². The van der Waals surface area contributed by atoms with Crippen LogP contribution in [0.2, 0.25) is 0 Å². The van der Waals surface area contributed by atoms with E-state index in [9.17, 15) is 19.2 Å². The number of nitrogens with zero attached hydrogens (tertiary/aromatic N) is 1. The summed E-state index contributed by atoms with van der Waals surface area (Å²) in [5.41, 5.74) is -0.409. The molecule has 0 spiro atoms. The fourth-order valence-electron chi connectivity index (χ4n) is 2.86. The lowest BCUT2D eigenvalue weighted by Gasteiger charge is -2.31.